The minimum absolute atomic E-state index is 0.216. The number of hydrogen-bond donors (Lipinski definition) is 3. The molecular weight excluding hydrogens is 687 g/mol. The average molecular weight is 734 g/mol. The molecule has 1 amide bonds. The fourth-order valence-electron chi connectivity index (χ4n) is 7.62. The van der Waals surface area contributed by atoms with Crippen molar-refractivity contribution in [3.8, 4) is 5.69 Å². The zero-order chi connectivity index (χ0) is 37.5. The first-order chi connectivity index (χ1) is 25.4. The number of anilines is 1. The quantitative estimate of drug-likeness (QED) is 0.128. The maximum absolute atomic E-state index is 14.6. The summed E-state index contributed by atoms with van der Waals surface area (Å²) in [4.78, 5) is 15.2. The van der Waals surface area contributed by atoms with Crippen molar-refractivity contribution in [3.63, 3.8) is 0 Å². The Labute approximate surface area is 311 Å². The third-order valence-electron chi connectivity index (χ3n) is 10.8. The molecule has 0 aliphatic carbocycles. The Balaban J connectivity index is 1.31. The SMILES string of the molecule is CC[C@H]1Cc2ccccc2S(O)(O)N(Cc2cc([C@@H](c3ccc4c(nnn4CC)c3C)C(C)(C)C(=O)Nc3nnnn3-c3ccccc3)ccc2C)C1. The number of para-hydroxylation sites is 1. The lowest BCUT2D eigenvalue weighted by atomic mass is 9.69. The molecule has 0 saturated heterocycles. The summed E-state index contributed by atoms with van der Waals surface area (Å²) in [6, 6.07) is 27.5. The van der Waals surface area contributed by atoms with Crippen molar-refractivity contribution in [2.45, 2.75) is 78.3 Å². The lowest BCUT2D eigenvalue weighted by molar-refractivity contribution is -0.124. The molecule has 2 aromatic heterocycles. The first kappa shape index (κ1) is 36.4. The number of aryl methyl sites for hydroxylation is 3. The van der Waals surface area contributed by atoms with Gasteiger partial charge in [-0.1, -0.05) is 98.2 Å². The second kappa shape index (κ2) is 14.5. The van der Waals surface area contributed by atoms with Crippen molar-refractivity contribution in [1.82, 2.24) is 39.5 Å². The molecule has 53 heavy (non-hydrogen) atoms. The summed E-state index contributed by atoms with van der Waals surface area (Å²) >= 11 is 0. The number of benzene rings is 4. The highest BCUT2D eigenvalue weighted by Gasteiger charge is 2.41. The molecule has 3 heterocycles. The van der Waals surface area contributed by atoms with Crippen LogP contribution in [0, 0.1) is 25.2 Å². The van der Waals surface area contributed by atoms with E-state index in [1.807, 2.05) is 104 Å². The summed E-state index contributed by atoms with van der Waals surface area (Å²) in [7, 11) is -3.26. The standard InChI is InChI=1S/C40H47N9O3S/c1-7-28-22-29-14-12-13-17-35(29)53(51,52)47(24-28)25-31-23-30(19-18-26(31)3)36(33-20-21-34-37(27(33)4)42-45-48(34)8-2)40(5,6)38(50)41-39-43-44-46-49(39)32-15-10-9-11-16-32/h9-21,23,28,36,51-52H,7-8,22,24-25H2,1-6H3,(H,41,43,46,50)/t28-,36-/m0/s1. The highest BCUT2D eigenvalue weighted by Crippen LogP contribution is 2.56. The predicted octanol–water partition coefficient (Wildman–Crippen LogP) is 7.95. The second-order valence-corrected chi connectivity index (χ2v) is 16.5. The van der Waals surface area contributed by atoms with Crippen LogP contribution < -0.4 is 5.32 Å². The van der Waals surface area contributed by atoms with Gasteiger partial charge in [0, 0.05) is 25.6 Å². The van der Waals surface area contributed by atoms with E-state index in [9.17, 15) is 13.9 Å². The van der Waals surface area contributed by atoms with E-state index in [1.165, 1.54) is 4.68 Å². The van der Waals surface area contributed by atoms with E-state index < -0.39 is 22.1 Å². The Morgan fingerprint density at radius 3 is 2.47 bits per heavy atom. The Bertz CT molecular complexity index is 2270. The molecule has 0 unspecified atom stereocenters. The third-order valence-corrected chi connectivity index (χ3v) is 12.8. The Kier molecular flexibility index (Phi) is 9.94. The number of tetrazole rings is 1. The van der Waals surface area contributed by atoms with E-state index >= 15 is 0 Å². The van der Waals surface area contributed by atoms with Gasteiger partial charge in [-0.25, -0.2) is 4.68 Å². The van der Waals surface area contributed by atoms with Crippen molar-refractivity contribution < 1.29 is 13.9 Å². The van der Waals surface area contributed by atoms with Crippen LogP contribution in [0.1, 0.15) is 73.4 Å². The molecule has 0 saturated carbocycles. The zero-order valence-electron chi connectivity index (χ0n) is 31.1. The molecule has 0 bridgehead atoms. The maximum atomic E-state index is 14.6. The third kappa shape index (κ3) is 6.74. The van der Waals surface area contributed by atoms with Gasteiger partial charge in [0.25, 0.3) is 5.95 Å². The van der Waals surface area contributed by atoms with Crippen LogP contribution in [-0.4, -0.2) is 61.1 Å². The fraction of sp³-hybridized carbons (Fsp3) is 0.350. The molecule has 4 aromatic carbocycles. The zero-order valence-corrected chi connectivity index (χ0v) is 31.9. The predicted molar refractivity (Wildman–Crippen MR) is 208 cm³/mol. The lowest BCUT2D eigenvalue weighted by Gasteiger charge is -2.43. The van der Waals surface area contributed by atoms with Gasteiger partial charge in [0.2, 0.25) is 5.91 Å². The summed E-state index contributed by atoms with van der Waals surface area (Å²) in [6.07, 6.45) is 1.71. The Morgan fingerprint density at radius 1 is 0.962 bits per heavy atom. The van der Waals surface area contributed by atoms with Crippen LogP contribution in [0.2, 0.25) is 0 Å². The molecule has 3 N–H and O–H groups in total. The molecule has 0 radical (unpaired) electrons. The van der Waals surface area contributed by atoms with Gasteiger partial charge in [-0.2, -0.15) is 8.99 Å². The van der Waals surface area contributed by atoms with Crippen LogP contribution >= 0.6 is 10.8 Å². The van der Waals surface area contributed by atoms with Gasteiger partial charge in [0.05, 0.1) is 21.5 Å². The summed E-state index contributed by atoms with van der Waals surface area (Å²) in [6.45, 7) is 13.7. The van der Waals surface area contributed by atoms with Crippen LogP contribution in [0.3, 0.4) is 0 Å². The smallest absolute Gasteiger partial charge is 0.254 e. The fourth-order valence-corrected chi connectivity index (χ4v) is 9.40. The molecule has 0 spiro atoms. The molecule has 12 nitrogen and oxygen atoms in total. The molecule has 6 aromatic rings. The number of fused-ring (bicyclic) bond motifs is 2. The molecule has 2 atom stereocenters. The summed E-state index contributed by atoms with van der Waals surface area (Å²) < 4.78 is 28.9. The number of carbonyl (C=O) groups excluding carboxylic acids is 1. The Hall–Kier alpha value is -4.95. The van der Waals surface area contributed by atoms with Crippen LogP contribution in [0.25, 0.3) is 16.7 Å². The van der Waals surface area contributed by atoms with Crippen molar-refractivity contribution >= 4 is 33.7 Å². The summed E-state index contributed by atoms with van der Waals surface area (Å²) in [5.74, 6) is -0.236. The summed E-state index contributed by atoms with van der Waals surface area (Å²) in [5.41, 5.74) is 7.16. The minimum atomic E-state index is -3.26. The molecule has 0 fully saturated rings. The number of nitrogens with one attached hydrogen (secondary N) is 1. The minimum Gasteiger partial charge on any atom is -0.293 e. The molecular formula is C40H47N9O3S. The second-order valence-electron chi connectivity index (χ2n) is 14.5. The largest absolute Gasteiger partial charge is 0.293 e. The Morgan fingerprint density at radius 2 is 1.72 bits per heavy atom. The maximum Gasteiger partial charge on any atom is 0.254 e. The van der Waals surface area contributed by atoms with Gasteiger partial charge in [-0.15, -0.1) is 15.9 Å². The van der Waals surface area contributed by atoms with Gasteiger partial charge >= 0.3 is 0 Å². The number of carbonyl (C=O) groups is 1. The van der Waals surface area contributed by atoms with Gasteiger partial charge in [0.15, 0.2) is 0 Å². The van der Waals surface area contributed by atoms with Crippen LogP contribution in [-0.2, 0) is 24.3 Å². The average Bonchev–Trinajstić information content (AvgIpc) is 3.78. The first-order valence-corrected chi connectivity index (χ1v) is 19.6. The van der Waals surface area contributed by atoms with Crippen molar-refractivity contribution in [2.75, 3.05) is 11.9 Å². The molecule has 276 valence electrons. The molecule has 13 heteroatoms. The van der Waals surface area contributed by atoms with E-state index in [0.29, 0.717) is 24.5 Å². The van der Waals surface area contributed by atoms with Gasteiger partial charge < -0.3 is 0 Å². The van der Waals surface area contributed by atoms with E-state index in [4.69, 9.17) is 0 Å². The number of hydrogen-bond acceptors (Lipinski definition) is 9. The van der Waals surface area contributed by atoms with Crippen LogP contribution in [0.4, 0.5) is 5.95 Å². The van der Waals surface area contributed by atoms with Crippen molar-refractivity contribution in [3.05, 3.63) is 118 Å². The van der Waals surface area contributed by atoms with Crippen LogP contribution in [0.5, 0.6) is 0 Å². The topological polar surface area (TPSA) is 147 Å². The number of nitrogens with zero attached hydrogens (tertiary/aromatic N) is 8. The lowest BCUT2D eigenvalue weighted by Crippen LogP contribution is -2.38. The summed E-state index contributed by atoms with van der Waals surface area (Å²) in [5, 5.41) is 24.1. The van der Waals surface area contributed by atoms with E-state index in [-0.39, 0.29) is 17.8 Å². The number of aromatic nitrogens is 7. The number of amides is 1. The number of rotatable bonds is 10. The van der Waals surface area contributed by atoms with E-state index in [1.54, 1.807) is 0 Å². The van der Waals surface area contributed by atoms with E-state index in [0.717, 1.165) is 62.9 Å². The van der Waals surface area contributed by atoms with Gasteiger partial charge in [0.1, 0.15) is 5.52 Å². The molecule has 1 aliphatic rings. The van der Waals surface area contributed by atoms with E-state index in [2.05, 4.69) is 62.3 Å². The van der Waals surface area contributed by atoms with Crippen molar-refractivity contribution in [1.29, 1.82) is 0 Å². The first-order valence-electron chi connectivity index (χ1n) is 18.1. The normalized spacial score (nSPS) is 17.2. The van der Waals surface area contributed by atoms with Gasteiger partial charge in [-0.05, 0) is 101 Å². The van der Waals surface area contributed by atoms with Crippen LogP contribution in [0.15, 0.2) is 89.8 Å². The van der Waals surface area contributed by atoms with Crippen molar-refractivity contribution in [2.24, 2.45) is 11.3 Å². The monoisotopic (exact) mass is 733 g/mol. The molecule has 1 aliphatic heterocycles. The van der Waals surface area contributed by atoms with Gasteiger partial charge in [-0.3, -0.25) is 19.2 Å². The highest BCUT2D eigenvalue weighted by atomic mass is 32.3. The highest BCUT2D eigenvalue weighted by molar-refractivity contribution is 8.22. The molecule has 7 rings (SSSR count).